The Bertz CT molecular complexity index is 1260. The predicted molar refractivity (Wildman–Crippen MR) is 162 cm³/mol. The van der Waals surface area contributed by atoms with Gasteiger partial charge in [-0.25, -0.2) is 0 Å². The zero-order chi connectivity index (χ0) is 28.8. The lowest BCUT2D eigenvalue weighted by Crippen LogP contribution is -2.34. The summed E-state index contributed by atoms with van der Waals surface area (Å²) in [4.78, 5) is 29.0. The molecule has 3 rings (SSSR count). The number of carbonyl (C=O) groups is 2. The van der Waals surface area contributed by atoms with Gasteiger partial charge in [0, 0.05) is 18.7 Å². The van der Waals surface area contributed by atoms with Crippen molar-refractivity contribution >= 4 is 29.7 Å². The van der Waals surface area contributed by atoms with E-state index in [1.54, 1.807) is 19.9 Å². The van der Waals surface area contributed by atoms with Gasteiger partial charge in [-0.2, -0.15) is 0 Å². The number of pyridine rings is 1. The van der Waals surface area contributed by atoms with Crippen LogP contribution in [0.4, 0.5) is 5.69 Å². The molecule has 0 aliphatic carbocycles. The molecular formula is C34H42N2O4. The summed E-state index contributed by atoms with van der Waals surface area (Å²) in [5.41, 5.74) is 4.95. The second kappa shape index (κ2) is 15.7. The number of aryl methyl sites for hydroxylation is 2. The van der Waals surface area contributed by atoms with Gasteiger partial charge in [-0.15, -0.1) is 0 Å². The van der Waals surface area contributed by atoms with Crippen LogP contribution in [0, 0.1) is 5.41 Å². The van der Waals surface area contributed by atoms with Crippen molar-refractivity contribution in [1.29, 1.82) is 0 Å². The molecule has 0 spiro atoms. The van der Waals surface area contributed by atoms with Gasteiger partial charge in [0.1, 0.15) is 0 Å². The molecule has 0 aliphatic heterocycles. The molecule has 0 radical (unpaired) electrons. The molecular weight excluding hydrogens is 500 g/mol. The monoisotopic (exact) mass is 542 g/mol. The van der Waals surface area contributed by atoms with Gasteiger partial charge in [-0.3, -0.25) is 14.6 Å². The summed E-state index contributed by atoms with van der Waals surface area (Å²) in [5, 5.41) is 12.5. The number of aliphatic carboxylic acids is 1. The Hall–Kier alpha value is -3.77. The standard InChI is InChI=1S/C34H42N2O4/c1-4-26-16-18-27(19-17-26)11-7-8-22-40-25-31-15-10-13-29(35-31)21-20-28-12-9-14-30(23-28)36-32(37)24-34(5-2,6-3)33(38)39/h9-10,12-21,23H,4-8,11,22,24-25H2,1-3H3,(H,36,37)(H,38,39). The van der Waals surface area contributed by atoms with E-state index in [4.69, 9.17) is 4.74 Å². The van der Waals surface area contributed by atoms with E-state index in [-0.39, 0.29) is 12.3 Å². The minimum atomic E-state index is -1.04. The van der Waals surface area contributed by atoms with E-state index >= 15 is 0 Å². The molecule has 6 heteroatoms. The second-order valence-corrected chi connectivity index (χ2v) is 10.2. The van der Waals surface area contributed by atoms with Gasteiger partial charge in [-0.05, 0) is 85.6 Å². The number of anilines is 1. The van der Waals surface area contributed by atoms with Gasteiger partial charge in [0.05, 0.1) is 23.4 Å². The zero-order valence-electron chi connectivity index (χ0n) is 24.0. The predicted octanol–water partition coefficient (Wildman–Crippen LogP) is 7.57. The number of hydrogen-bond acceptors (Lipinski definition) is 4. The van der Waals surface area contributed by atoms with E-state index in [9.17, 15) is 14.7 Å². The average Bonchev–Trinajstić information content (AvgIpc) is 2.97. The van der Waals surface area contributed by atoms with E-state index in [1.807, 2.05) is 48.6 Å². The third-order valence-electron chi connectivity index (χ3n) is 7.44. The van der Waals surface area contributed by atoms with Gasteiger partial charge in [0.15, 0.2) is 0 Å². The Morgan fingerprint density at radius 3 is 2.35 bits per heavy atom. The number of aromatic nitrogens is 1. The fourth-order valence-corrected chi connectivity index (χ4v) is 4.62. The molecule has 2 aromatic carbocycles. The average molecular weight is 543 g/mol. The minimum Gasteiger partial charge on any atom is -0.481 e. The normalized spacial score (nSPS) is 11.6. The van der Waals surface area contributed by atoms with Crippen LogP contribution in [0.25, 0.3) is 12.2 Å². The molecule has 0 bridgehead atoms. The van der Waals surface area contributed by atoms with Crippen molar-refractivity contribution in [3.63, 3.8) is 0 Å². The van der Waals surface area contributed by atoms with Gasteiger partial charge in [0.25, 0.3) is 0 Å². The number of rotatable bonds is 16. The van der Waals surface area contributed by atoms with E-state index in [2.05, 4.69) is 41.5 Å². The van der Waals surface area contributed by atoms with Crippen LogP contribution in [0.3, 0.4) is 0 Å². The van der Waals surface area contributed by atoms with Crippen molar-refractivity contribution < 1.29 is 19.4 Å². The maximum absolute atomic E-state index is 12.6. The number of carboxylic acids is 1. The smallest absolute Gasteiger partial charge is 0.310 e. The Morgan fingerprint density at radius 1 is 0.925 bits per heavy atom. The summed E-state index contributed by atoms with van der Waals surface area (Å²) < 4.78 is 5.87. The molecule has 0 saturated heterocycles. The fraction of sp³-hybridized carbons (Fsp3) is 0.382. The van der Waals surface area contributed by atoms with E-state index in [0.29, 0.717) is 31.7 Å². The van der Waals surface area contributed by atoms with Crippen LogP contribution in [-0.2, 0) is 33.8 Å². The first kappa shape index (κ1) is 30.8. The number of amides is 1. The summed E-state index contributed by atoms with van der Waals surface area (Å²) in [6.07, 6.45) is 8.86. The summed E-state index contributed by atoms with van der Waals surface area (Å²) >= 11 is 0. The molecule has 3 aromatic rings. The molecule has 2 N–H and O–H groups in total. The van der Waals surface area contributed by atoms with Gasteiger partial charge < -0.3 is 15.2 Å². The molecule has 0 atom stereocenters. The van der Waals surface area contributed by atoms with Crippen LogP contribution in [0.5, 0.6) is 0 Å². The number of benzene rings is 2. The Kier molecular flexibility index (Phi) is 12.1. The van der Waals surface area contributed by atoms with Gasteiger partial charge in [-0.1, -0.05) is 69.3 Å². The van der Waals surface area contributed by atoms with Crippen LogP contribution in [0.2, 0.25) is 0 Å². The zero-order valence-corrected chi connectivity index (χ0v) is 24.0. The Labute approximate surface area is 238 Å². The maximum atomic E-state index is 12.6. The Morgan fingerprint density at radius 2 is 1.65 bits per heavy atom. The minimum absolute atomic E-state index is 0.0545. The van der Waals surface area contributed by atoms with Crippen LogP contribution in [-0.4, -0.2) is 28.6 Å². The number of unbranched alkanes of at least 4 members (excludes halogenated alkanes) is 1. The van der Waals surface area contributed by atoms with Gasteiger partial charge in [0.2, 0.25) is 5.91 Å². The molecule has 40 heavy (non-hydrogen) atoms. The number of ether oxygens (including phenoxy) is 1. The van der Waals surface area contributed by atoms with E-state index in [0.717, 1.165) is 42.6 Å². The highest BCUT2D eigenvalue weighted by Crippen LogP contribution is 2.31. The topological polar surface area (TPSA) is 88.5 Å². The van der Waals surface area contributed by atoms with Crippen molar-refractivity contribution in [3.8, 4) is 0 Å². The maximum Gasteiger partial charge on any atom is 0.310 e. The largest absolute Gasteiger partial charge is 0.481 e. The van der Waals surface area contributed by atoms with Crippen molar-refractivity contribution in [3.05, 3.63) is 94.8 Å². The molecule has 0 saturated carbocycles. The summed E-state index contributed by atoms with van der Waals surface area (Å²) in [6.45, 7) is 6.96. The third-order valence-corrected chi connectivity index (χ3v) is 7.44. The van der Waals surface area contributed by atoms with Crippen LogP contribution in [0.15, 0.2) is 66.7 Å². The molecule has 0 aliphatic rings. The number of carbonyl (C=O) groups excluding carboxylic acids is 1. The summed E-state index contributed by atoms with van der Waals surface area (Å²) in [5.74, 6) is -1.23. The highest BCUT2D eigenvalue weighted by molar-refractivity contribution is 5.94. The fourth-order valence-electron chi connectivity index (χ4n) is 4.62. The van der Waals surface area contributed by atoms with Crippen LogP contribution < -0.4 is 5.32 Å². The molecule has 1 aromatic heterocycles. The van der Waals surface area contributed by atoms with Gasteiger partial charge >= 0.3 is 5.97 Å². The van der Waals surface area contributed by atoms with Crippen molar-refractivity contribution in [2.75, 3.05) is 11.9 Å². The lowest BCUT2D eigenvalue weighted by molar-refractivity contribution is -0.151. The molecule has 0 unspecified atom stereocenters. The van der Waals surface area contributed by atoms with E-state index in [1.165, 1.54) is 11.1 Å². The van der Waals surface area contributed by atoms with Crippen molar-refractivity contribution in [1.82, 2.24) is 4.98 Å². The summed E-state index contributed by atoms with van der Waals surface area (Å²) in [6, 6.07) is 22.2. The lowest BCUT2D eigenvalue weighted by atomic mass is 9.79. The number of hydrogen-bond donors (Lipinski definition) is 2. The summed E-state index contributed by atoms with van der Waals surface area (Å²) in [7, 11) is 0. The lowest BCUT2D eigenvalue weighted by Gasteiger charge is -2.25. The first-order valence-corrected chi connectivity index (χ1v) is 14.3. The highest BCUT2D eigenvalue weighted by Gasteiger charge is 2.37. The SMILES string of the molecule is CCc1ccc(CCCCOCc2cccc(C=Cc3cccc(NC(=O)CC(CC)(CC)C(=O)O)c3)n2)cc1. The van der Waals surface area contributed by atoms with E-state index < -0.39 is 11.4 Å². The molecule has 1 heterocycles. The number of carboxylic acid groups (broad SMARTS) is 1. The van der Waals surface area contributed by atoms with Crippen molar-refractivity contribution in [2.24, 2.45) is 5.41 Å². The third kappa shape index (κ3) is 9.45. The van der Waals surface area contributed by atoms with Crippen molar-refractivity contribution in [2.45, 2.75) is 72.3 Å². The first-order valence-electron chi connectivity index (χ1n) is 14.3. The number of nitrogens with zero attached hydrogens (tertiary/aromatic N) is 1. The second-order valence-electron chi connectivity index (χ2n) is 10.2. The number of nitrogens with one attached hydrogen (secondary N) is 1. The molecule has 212 valence electrons. The molecule has 1 amide bonds. The molecule has 6 nitrogen and oxygen atoms in total. The molecule has 0 fully saturated rings. The van der Waals surface area contributed by atoms with Crippen LogP contribution >= 0.6 is 0 Å². The Balaban J connectivity index is 1.46. The quantitative estimate of drug-likeness (QED) is 0.182. The highest BCUT2D eigenvalue weighted by atomic mass is 16.5. The van der Waals surface area contributed by atoms with Crippen LogP contribution in [0.1, 0.15) is 81.0 Å². The first-order chi connectivity index (χ1) is 19.4.